The van der Waals surface area contributed by atoms with Crippen LogP contribution in [0.5, 0.6) is 0 Å². The third kappa shape index (κ3) is 1.35. The SMILES string of the molecule is CC1(C)c2c(F)cccc2-c2ccccc2C1F. The van der Waals surface area contributed by atoms with Gasteiger partial charge in [0.2, 0.25) is 0 Å². The second-order valence-electron chi connectivity index (χ2n) is 5.33. The summed E-state index contributed by atoms with van der Waals surface area (Å²) in [7, 11) is 0. The Bertz CT molecular complexity index is 614. The zero-order valence-corrected chi connectivity index (χ0v) is 10.4. The van der Waals surface area contributed by atoms with Crippen LogP contribution in [0.2, 0.25) is 0 Å². The molecule has 0 fully saturated rings. The van der Waals surface area contributed by atoms with E-state index in [4.69, 9.17) is 0 Å². The van der Waals surface area contributed by atoms with Crippen LogP contribution in [0.3, 0.4) is 0 Å². The minimum atomic E-state index is -1.18. The molecule has 3 rings (SSSR count). The summed E-state index contributed by atoms with van der Waals surface area (Å²) in [6.07, 6.45) is -1.18. The summed E-state index contributed by atoms with van der Waals surface area (Å²) in [5, 5.41) is 0. The molecule has 0 saturated carbocycles. The van der Waals surface area contributed by atoms with Gasteiger partial charge in [-0.25, -0.2) is 8.78 Å². The fourth-order valence-electron chi connectivity index (χ4n) is 2.88. The van der Waals surface area contributed by atoms with E-state index in [1.807, 2.05) is 24.3 Å². The van der Waals surface area contributed by atoms with Crippen molar-refractivity contribution in [3.8, 4) is 11.1 Å². The zero-order valence-electron chi connectivity index (χ0n) is 10.4. The first-order chi connectivity index (χ1) is 8.53. The molecule has 0 aliphatic heterocycles. The molecule has 0 saturated heterocycles. The van der Waals surface area contributed by atoms with Gasteiger partial charge < -0.3 is 0 Å². The smallest absolute Gasteiger partial charge is 0.135 e. The minimum absolute atomic E-state index is 0.324. The zero-order chi connectivity index (χ0) is 12.9. The van der Waals surface area contributed by atoms with Gasteiger partial charge in [0, 0.05) is 11.0 Å². The Morgan fingerprint density at radius 2 is 1.61 bits per heavy atom. The second-order valence-corrected chi connectivity index (χ2v) is 5.33. The predicted octanol–water partition coefficient (Wildman–Crippen LogP) is 4.79. The van der Waals surface area contributed by atoms with E-state index >= 15 is 0 Å². The van der Waals surface area contributed by atoms with Gasteiger partial charge in [-0.1, -0.05) is 50.2 Å². The lowest BCUT2D eigenvalue weighted by molar-refractivity contribution is 0.212. The number of halogens is 2. The fraction of sp³-hybridized carbons (Fsp3) is 0.250. The quantitative estimate of drug-likeness (QED) is 0.624. The number of hydrogen-bond donors (Lipinski definition) is 0. The molecule has 0 bridgehead atoms. The van der Waals surface area contributed by atoms with Crippen LogP contribution in [-0.2, 0) is 5.41 Å². The number of fused-ring (bicyclic) bond motifs is 3. The Morgan fingerprint density at radius 1 is 0.944 bits per heavy atom. The molecule has 1 unspecified atom stereocenters. The highest BCUT2D eigenvalue weighted by atomic mass is 19.1. The molecule has 0 N–H and O–H groups in total. The van der Waals surface area contributed by atoms with E-state index in [1.165, 1.54) is 6.07 Å². The molecular formula is C16H14F2. The molecular weight excluding hydrogens is 230 g/mol. The molecule has 2 aromatic carbocycles. The van der Waals surface area contributed by atoms with Crippen molar-refractivity contribution in [2.75, 3.05) is 0 Å². The number of alkyl halides is 1. The lowest BCUT2D eigenvalue weighted by atomic mass is 9.68. The molecule has 0 heterocycles. The Hall–Kier alpha value is -1.70. The molecule has 1 atom stereocenters. The van der Waals surface area contributed by atoms with Crippen LogP contribution in [0.15, 0.2) is 42.5 Å². The Morgan fingerprint density at radius 3 is 2.39 bits per heavy atom. The molecule has 2 aromatic rings. The summed E-state index contributed by atoms with van der Waals surface area (Å²) in [6, 6.07) is 12.3. The van der Waals surface area contributed by atoms with E-state index in [-0.39, 0.29) is 5.82 Å². The van der Waals surface area contributed by atoms with Crippen molar-refractivity contribution < 1.29 is 8.78 Å². The second kappa shape index (κ2) is 3.64. The van der Waals surface area contributed by atoms with E-state index in [0.717, 1.165) is 11.1 Å². The van der Waals surface area contributed by atoms with E-state index in [1.54, 1.807) is 26.0 Å². The van der Waals surface area contributed by atoms with Crippen molar-refractivity contribution in [1.82, 2.24) is 0 Å². The summed E-state index contributed by atoms with van der Waals surface area (Å²) in [5.41, 5.74) is 1.91. The van der Waals surface area contributed by atoms with Gasteiger partial charge in [0.15, 0.2) is 0 Å². The molecule has 1 aliphatic carbocycles. The highest BCUT2D eigenvalue weighted by Crippen LogP contribution is 2.51. The van der Waals surface area contributed by atoms with Crippen LogP contribution in [0, 0.1) is 5.82 Å². The summed E-state index contributed by atoms with van der Waals surface area (Å²) in [4.78, 5) is 0. The van der Waals surface area contributed by atoms with Gasteiger partial charge in [0.1, 0.15) is 12.0 Å². The maximum Gasteiger partial charge on any atom is 0.135 e. The summed E-state index contributed by atoms with van der Waals surface area (Å²) < 4.78 is 28.7. The van der Waals surface area contributed by atoms with E-state index in [9.17, 15) is 8.78 Å². The summed E-state index contributed by atoms with van der Waals surface area (Å²) in [6.45, 7) is 3.52. The molecule has 1 aliphatic rings. The molecule has 18 heavy (non-hydrogen) atoms. The lowest BCUT2D eigenvalue weighted by Crippen LogP contribution is -2.30. The van der Waals surface area contributed by atoms with Crippen LogP contribution in [-0.4, -0.2) is 0 Å². The molecule has 0 aromatic heterocycles. The predicted molar refractivity (Wildman–Crippen MR) is 68.7 cm³/mol. The molecule has 92 valence electrons. The fourth-order valence-corrected chi connectivity index (χ4v) is 2.88. The highest BCUT2D eigenvalue weighted by Gasteiger charge is 2.41. The average molecular weight is 244 g/mol. The molecule has 0 radical (unpaired) electrons. The van der Waals surface area contributed by atoms with Crippen molar-refractivity contribution in [2.45, 2.75) is 25.4 Å². The molecule has 0 amide bonds. The van der Waals surface area contributed by atoms with Crippen molar-refractivity contribution in [3.05, 3.63) is 59.4 Å². The third-order valence-corrected chi connectivity index (χ3v) is 3.82. The topological polar surface area (TPSA) is 0 Å². The standard InChI is InChI=1S/C16H14F2/c1-16(2)14-11(8-5-9-13(14)17)10-6-3-4-7-12(10)15(16)18/h3-9,15H,1-2H3. The van der Waals surface area contributed by atoms with Crippen LogP contribution in [0.4, 0.5) is 8.78 Å². The summed E-state index contributed by atoms with van der Waals surface area (Å²) in [5.74, 6) is -0.324. The average Bonchev–Trinajstić information content (AvgIpc) is 2.36. The molecule has 0 nitrogen and oxygen atoms in total. The third-order valence-electron chi connectivity index (χ3n) is 3.82. The Balaban J connectivity index is 2.41. The van der Waals surface area contributed by atoms with Gasteiger partial charge in [-0.05, 0) is 22.8 Å². The van der Waals surface area contributed by atoms with Gasteiger partial charge in [0.05, 0.1) is 0 Å². The van der Waals surface area contributed by atoms with Crippen LogP contribution >= 0.6 is 0 Å². The van der Waals surface area contributed by atoms with Crippen molar-refractivity contribution in [3.63, 3.8) is 0 Å². The van der Waals surface area contributed by atoms with E-state index in [2.05, 4.69) is 0 Å². The highest BCUT2D eigenvalue weighted by molar-refractivity contribution is 5.75. The maximum atomic E-state index is 14.6. The van der Waals surface area contributed by atoms with Crippen LogP contribution < -0.4 is 0 Å². The minimum Gasteiger partial charge on any atom is -0.241 e. The van der Waals surface area contributed by atoms with Crippen molar-refractivity contribution in [1.29, 1.82) is 0 Å². The van der Waals surface area contributed by atoms with E-state index < -0.39 is 11.6 Å². The number of benzene rings is 2. The van der Waals surface area contributed by atoms with Crippen LogP contribution in [0.1, 0.15) is 31.1 Å². The van der Waals surface area contributed by atoms with Crippen LogP contribution in [0.25, 0.3) is 11.1 Å². The summed E-state index contributed by atoms with van der Waals surface area (Å²) >= 11 is 0. The number of rotatable bonds is 0. The van der Waals surface area contributed by atoms with Gasteiger partial charge in [-0.2, -0.15) is 0 Å². The first kappa shape index (κ1) is 11.4. The largest absolute Gasteiger partial charge is 0.241 e. The van der Waals surface area contributed by atoms with E-state index in [0.29, 0.717) is 11.1 Å². The Labute approximate surface area is 105 Å². The van der Waals surface area contributed by atoms with Crippen molar-refractivity contribution >= 4 is 0 Å². The van der Waals surface area contributed by atoms with Gasteiger partial charge in [0.25, 0.3) is 0 Å². The van der Waals surface area contributed by atoms with Crippen molar-refractivity contribution in [2.24, 2.45) is 0 Å². The number of hydrogen-bond acceptors (Lipinski definition) is 0. The maximum absolute atomic E-state index is 14.6. The van der Waals surface area contributed by atoms with Gasteiger partial charge >= 0.3 is 0 Å². The first-order valence-electron chi connectivity index (χ1n) is 6.06. The molecule has 0 spiro atoms. The lowest BCUT2D eigenvalue weighted by Gasteiger charge is -2.37. The normalized spacial score (nSPS) is 20.1. The van der Waals surface area contributed by atoms with Gasteiger partial charge in [-0.3, -0.25) is 0 Å². The molecule has 2 heteroatoms. The first-order valence-corrected chi connectivity index (χ1v) is 6.06. The monoisotopic (exact) mass is 244 g/mol. The Kier molecular flexibility index (Phi) is 2.31. The van der Waals surface area contributed by atoms with Gasteiger partial charge in [-0.15, -0.1) is 0 Å².